The lowest BCUT2D eigenvalue weighted by atomic mass is 10.1. The van der Waals surface area contributed by atoms with E-state index in [1.807, 2.05) is 66.9 Å². The summed E-state index contributed by atoms with van der Waals surface area (Å²) in [7, 11) is 0. The molecule has 1 amide bonds. The minimum atomic E-state index is -0.239. The molecule has 1 aromatic heterocycles. The molecule has 0 aliphatic carbocycles. The Morgan fingerprint density at radius 3 is 2.64 bits per heavy atom. The van der Waals surface area contributed by atoms with Crippen molar-refractivity contribution >= 4 is 73.3 Å². The Labute approximate surface area is 230 Å². The van der Waals surface area contributed by atoms with Gasteiger partial charge in [0.05, 0.1) is 27.0 Å². The number of hydrazone groups is 1. The van der Waals surface area contributed by atoms with Gasteiger partial charge in [0.25, 0.3) is 5.91 Å². The van der Waals surface area contributed by atoms with Crippen LogP contribution < -0.4 is 9.75 Å². The fourth-order valence-corrected chi connectivity index (χ4v) is 5.11. The second-order valence-electron chi connectivity index (χ2n) is 7.96. The molecule has 0 saturated carbocycles. The van der Waals surface area contributed by atoms with Crippen LogP contribution >= 0.6 is 50.5 Å². The van der Waals surface area contributed by atoms with Gasteiger partial charge in [0.15, 0.2) is 0 Å². The van der Waals surface area contributed by atoms with E-state index in [9.17, 15) is 4.79 Å². The molecule has 0 N–H and O–H groups in total. The predicted molar refractivity (Wildman–Crippen MR) is 151 cm³/mol. The lowest BCUT2D eigenvalue weighted by molar-refractivity contribution is -0.114. The van der Waals surface area contributed by atoms with Crippen LogP contribution in [0.3, 0.4) is 0 Å². The number of thiazole rings is 1. The molecule has 0 saturated heterocycles. The number of carbonyl (C=O) groups is 1. The van der Waals surface area contributed by atoms with Crippen molar-refractivity contribution < 1.29 is 9.53 Å². The Bertz CT molecular complexity index is 1520. The molecule has 180 valence electrons. The van der Waals surface area contributed by atoms with E-state index < -0.39 is 0 Å². The van der Waals surface area contributed by atoms with Gasteiger partial charge in [-0.3, -0.25) is 4.79 Å². The highest BCUT2D eigenvalue weighted by Crippen LogP contribution is 2.33. The smallest absolute Gasteiger partial charge is 0.282 e. The normalized spacial score (nSPS) is 14.4. The zero-order chi connectivity index (χ0) is 25.2. The maximum Gasteiger partial charge on any atom is 0.282 e. The molecule has 5 nitrogen and oxygen atoms in total. The molecule has 0 bridgehead atoms. The highest BCUT2D eigenvalue weighted by Gasteiger charge is 2.31. The number of rotatable bonds is 6. The fourth-order valence-electron chi connectivity index (χ4n) is 3.63. The van der Waals surface area contributed by atoms with Crippen molar-refractivity contribution in [2.75, 3.05) is 5.01 Å². The zero-order valence-corrected chi connectivity index (χ0v) is 22.8. The number of ether oxygens (including phenoxy) is 1. The average molecular weight is 599 g/mol. The van der Waals surface area contributed by atoms with E-state index in [-0.39, 0.29) is 5.91 Å². The van der Waals surface area contributed by atoms with E-state index in [4.69, 9.17) is 27.9 Å². The Balaban J connectivity index is 1.40. The molecule has 0 unspecified atom stereocenters. The summed E-state index contributed by atoms with van der Waals surface area (Å²) in [5.74, 6) is 0.383. The summed E-state index contributed by atoms with van der Waals surface area (Å²) in [6.45, 7) is 2.10. The van der Waals surface area contributed by atoms with Gasteiger partial charge >= 0.3 is 0 Å². The monoisotopic (exact) mass is 597 g/mol. The summed E-state index contributed by atoms with van der Waals surface area (Å²) in [6.07, 6.45) is 1.79. The molecule has 0 spiro atoms. The number of hydrogen-bond acceptors (Lipinski definition) is 5. The molecule has 4 aromatic rings. The number of amides is 1. The maximum absolute atomic E-state index is 13.3. The van der Waals surface area contributed by atoms with E-state index in [0.717, 1.165) is 26.9 Å². The first kappa shape index (κ1) is 24.7. The summed E-state index contributed by atoms with van der Waals surface area (Å²) in [6, 6.07) is 20.8. The minimum absolute atomic E-state index is 0.239. The van der Waals surface area contributed by atoms with E-state index in [0.29, 0.717) is 38.8 Å². The fraction of sp³-hybridized carbons (Fsp3) is 0.0741. The molecule has 3 aromatic carbocycles. The van der Waals surface area contributed by atoms with Crippen molar-refractivity contribution in [1.29, 1.82) is 0 Å². The molecular formula is C27H18BrCl2N3O2S. The number of carbonyl (C=O) groups excluding carboxylic acids is 1. The topological polar surface area (TPSA) is 54.8 Å². The van der Waals surface area contributed by atoms with Crippen LogP contribution in [0.2, 0.25) is 10.0 Å². The third-order valence-corrected chi connectivity index (χ3v) is 7.50. The van der Waals surface area contributed by atoms with Crippen molar-refractivity contribution in [3.63, 3.8) is 0 Å². The van der Waals surface area contributed by atoms with Gasteiger partial charge in [-0.05, 0) is 48.9 Å². The van der Waals surface area contributed by atoms with Gasteiger partial charge in [-0.1, -0.05) is 75.5 Å². The number of benzene rings is 3. The van der Waals surface area contributed by atoms with E-state index in [1.165, 1.54) is 16.3 Å². The van der Waals surface area contributed by atoms with Gasteiger partial charge in [-0.2, -0.15) is 10.1 Å². The molecule has 1 aliphatic heterocycles. The SMILES string of the molecule is CC1=NN(c2nc(-c3ccccc3)cs2)C(=O)C1=Cc1cc(Br)ccc1OCc1ccc(Cl)c(Cl)c1. The van der Waals surface area contributed by atoms with Crippen LogP contribution in [0.15, 0.2) is 87.3 Å². The summed E-state index contributed by atoms with van der Waals surface area (Å²) >= 11 is 17.0. The van der Waals surface area contributed by atoms with Crippen molar-refractivity contribution in [3.8, 4) is 17.0 Å². The molecule has 9 heteroatoms. The minimum Gasteiger partial charge on any atom is -0.488 e. The number of aromatic nitrogens is 1. The highest BCUT2D eigenvalue weighted by atomic mass is 79.9. The van der Waals surface area contributed by atoms with E-state index in [1.54, 1.807) is 18.2 Å². The molecule has 2 heterocycles. The number of nitrogens with zero attached hydrogens (tertiary/aromatic N) is 3. The molecule has 1 aliphatic rings. The van der Waals surface area contributed by atoms with E-state index >= 15 is 0 Å². The molecule has 0 radical (unpaired) electrons. The Hall–Kier alpha value is -2.97. The van der Waals surface area contributed by atoms with Crippen LogP contribution in [-0.2, 0) is 11.4 Å². The predicted octanol–water partition coefficient (Wildman–Crippen LogP) is 8.26. The first-order valence-corrected chi connectivity index (χ1v) is 13.3. The highest BCUT2D eigenvalue weighted by molar-refractivity contribution is 9.10. The van der Waals surface area contributed by atoms with Gasteiger partial charge in [0, 0.05) is 21.0 Å². The van der Waals surface area contributed by atoms with Crippen molar-refractivity contribution in [3.05, 3.63) is 103 Å². The van der Waals surface area contributed by atoms with Crippen molar-refractivity contribution in [2.24, 2.45) is 5.10 Å². The second kappa shape index (κ2) is 10.6. The third-order valence-electron chi connectivity index (χ3n) is 5.46. The Kier molecular flexibility index (Phi) is 7.25. The lowest BCUT2D eigenvalue weighted by Crippen LogP contribution is -2.21. The van der Waals surface area contributed by atoms with Crippen LogP contribution in [0.4, 0.5) is 5.13 Å². The number of halogens is 3. The lowest BCUT2D eigenvalue weighted by Gasteiger charge is -2.11. The largest absolute Gasteiger partial charge is 0.488 e. The standard InChI is InChI=1S/C27H18BrCl2N3O2S/c1-16-21(26(34)33(32-16)27-31-24(15-36-27)18-5-3-2-4-6-18)13-19-12-20(28)8-10-25(19)35-14-17-7-9-22(29)23(30)11-17/h2-13,15H,14H2,1H3. The van der Waals surface area contributed by atoms with Crippen LogP contribution in [0.1, 0.15) is 18.1 Å². The first-order valence-electron chi connectivity index (χ1n) is 10.9. The second-order valence-corrected chi connectivity index (χ2v) is 10.5. The quantitative estimate of drug-likeness (QED) is 0.210. The molecule has 5 rings (SSSR count). The van der Waals surface area contributed by atoms with Crippen molar-refractivity contribution in [1.82, 2.24) is 4.98 Å². The van der Waals surface area contributed by atoms with Gasteiger partial charge in [0.2, 0.25) is 5.13 Å². The third kappa shape index (κ3) is 5.25. The molecule has 0 fully saturated rings. The van der Waals surface area contributed by atoms with Gasteiger partial charge < -0.3 is 4.74 Å². The van der Waals surface area contributed by atoms with Gasteiger partial charge in [-0.15, -0.1) is 11.3 Å². The number of anilines is 1. The maximum atomic E-state index is 13.3. The Morgan fingerprint density at radius 1 is 1.06 bits per heavy atom. The average Bonchev–Trinajstić information content (AvgIpc) is 3.47. The summed E-state index contributed by atoms with van der Waals surface area (Å²) in [5.41, 5.74) is 4.49. The molecular weight excluding hydrogens is 581 g/mol. The summed E-state index contributed by atoms with van der Waals surface area (Å²) in [5, 5.41) is 9.25. The van der Waals surface area contributed by atoms with E-state index in [2.05, 4.69) is 26.0 Å². The Morgan fingerprint density at radius 2 is 1.86 bits per heavy atom. The molecule has 36 heavy (non-hydrogen) atoms. The van der Waals surface area contributed by atoms with Crippen molar-refractivity contribution in [2.45, 2.75) is 13.5 Å². The van der Waals surface area contributed by atoms with Gasteiger partial charge in [-0.25, -0.2) is 4.98 Å². The van der Waals surface area contributed by atoms with Crippen LogP contribution in [0.5, 0.6) is 5.75 Å². The summed E-state index contributed by atoms with van der Waals surface area (Å²) in [4.78, 5) is 18.0. The van der Waals surface area contributed by atoms with Crippen LogP contribution in [-0.4, -0.2) is 16.6 Å². The molecule has 0 atom stereocenters. The summed E-state index contributed by atoms with van der Waals surface area (Å²) < 4.78 is 6.94. The van der Waals surface area contributed by atoms with Crippen LogP contribution in [0.25, 0.3) is 17.3 Å². The van der Waals surface area contributed by atoms with Gasteiger partial charge in [0.1, 0.15) is 12.4 Å². The van der Waals surface area contributed by atoms with Crippen LogP contribution in [0, 0.1) is 0 Å². The number of hydrogen-bond donors (Lipinski definition) is 0. The first-order chi connectivity index (χ1) is 17.4. The zero-order valence-electron chi connectivity index (χ0n) is 18.9.